The number of allylic oxidation sites excluding steroid dienone is 4. The fourth-order valence-electron chi connectivity index (χ4n) is 2.56. The molecule has 2 rings (SSSR count). The molecule has 0 aromatic heterocycles. The van der Waals surface area contributed by atoms with Crippen LogP contribution >= 0.6 is 0 Å². The van der Waals surface area contributed by atoms with E-state index in [9.17, 15) is 26.3 Å². The molecule has 0 saturated heterocycles. The summed E-state index contributed by atoms with van der Waals surface area (Å²) in [5.74, 6) is -1.92. The first-order valence-corrected chi connectivity index (χ1v) is 6.62. The summed E-state index contributed by atoms with van der Waals surface area (Å²) in [4.78, 5) is 0. The van der Waals surface area contributed by atoms with Crippen molar-refractivity contribution in [3.8, 4) is 0 Å². The van der Waals surface area contributed by atoms with Gasteiger partial charge in [-0.1, -0.05) is 35.4 Å². The molecule has 1 aliphatic rings. The normalized spacial score (nSPS) is 19.7. The van der Waals surface area contributed by atoms with Gasteiger partial charge < -0.3 is 0 Å². The second-order valence-corrected chi connectivity index (χ2v) is 5.48. The summed E-state index contributed by atoms with van der Waals surface area (Å²) >= 11 is 0. The van der Waals surface area contributed by atoms with Crippen LogP contribution in [0.5, 0.6) is 0 Å². The number of rotatable bonds is 1. The Hall–Kier alpha value is -1.72. The predicted octanol–water partition coefficient (Wildman–Crippen LogP) is 5.93. The van der Waals surface area contributed by atoms with Crippen LogP contribution in [-0.2, 0) is 6.18 Å². The zero-order valence-electron chi connectivity index (χ0n) is 11.9. The lowest BCUT2D eigenvalue weighted by Crippen LogP contribution is -2.27. The molecule has 6 heteroatoms. The SMILES string of the molecule is CC1=CC=C(c2ccc(C)cc2C(F)(F)F)C(C(F)(F)F)C1. The van der Waals surface area contributed by atoms with Gasteiger partial charge in [0.1, 0.15) is 0 Å². The van der Waals surface area contributed by atoms with Crippen LogP contribution in [0.1, 0.15) is 30.0 Å². The summed E-state index contributed by atoms with van der Waals surface area (Å²) in [5, 5.41) is 0. The molecule has 0 aliphatic heterocycles. The Morgan fingerprint density at radius 2 is 1.59 bits per heavy atom. The molecule has 1 aromatic rings. The highest BCUT2D eigenvalue weighted by Crippen LogP contribution is 2.46. The zero-order chi connectivity index (χ0) is 16.7. The van der Waals surface area contributed by atoms with E-state index in [1.165, 1.54) is 26.0 Å². The fourth-order valence-corrected chi connectivity index (χ4v) is 2.56. The Bertz CT molecular complexity index is 631. The number of benzene rings is 1. The molecule has 22 heavy (non-hydrogen) atoms. The van der Waals surface area contributed by atoms with E-state index in [0.29, 0.717) is 11.1 Å². The summed E-state index contributed by atoms with van der Waals surface area (Å²) in [5.41, 5.74) is -0.912. The number of hydrogen-bond donors (Lipinski definition) is 0. The van der Waals surface area contributed by atoms with Crippen molar-refractivity contribution in [1.82, 2.24) is 0 Å². The maximum absolute atomic E-state index is 13.2. The molecule has 120 valence electrons. The molecule has 1 aromatic carbocycles. The van der Waals surface area contributed by atoms with Gasteiger partial charge in [-0.25, -0.2) is 0 Å². The van der Waals surface area contributed by atoms with Crippen LogP contribution in [0, 0.1) is 12.8 Å². The van der Waals surface area contributed by atoms with Crippen LogP contribution in [-0.4, -0.2) is 6.18 Å². The Morgan fingerprint density at radius 1 is 0.955 bits per heavy atom. The Balaban J connectivity index is 2.63. The van der Waals surface area contributed by atoms with Crippen LogP contribution in [0.2, 0.25) is 0 Å². The van der Waals surface area contributed by atoms with Gasteiger partial charge in [-0.2, -0.15) is 26.3 Å². The van der Waals surface area contributed by atoms with Gasteiger partial charge in [0.25, 0.3) is 0 Å². The first-order valence-electron chi connectivity index (χ1n) is 6.62. The van der Waals surface area contributed by atoms with E-state index in [2.05, 4.69) is 0 Å². The van der Waals surface area contributed by atoms with Crippen molar-refractivity contribution in [2.24, 2.45) is 5.92 Å². The zero-order valence-corrected chi connectivity index (χ0v) is 11.9. The second kappa shape index (κ2) is 5.48. The van der Waals surface area contributed by atoms with Gasteiger partial charge in [-0.15, -0.1) is 0 Å². The van der Waals surface area contributed by atoms with E-state index >= 15 is 0 Å². The van der Waals surface area contributed by atoms with Crippen molar-refractivity contribution >= 4 is 5.57 Å². The lowest BCUT2D eigenvalue weighted by atomic mass is 9.81. The molecular weight excluding hydrogens is 306 g/mol. The third kappa shape index (κ3) is 3.36. The standard InChI is InChI=1S/C16H14F6/c1-9-3-5-11(13(7-9)15(17,18)19)12-6-4-10(2)8-14(12)16(20,21)22/h3-7,14H,8H2,1-2H3. The topological polar surface area (TPSA) is 0 Å². The van der Waals surface area contributed by atoms with E-state index < -0.39 is 29.4 Å². The third-order valence-electron chi connectivity index (χ3n) is 3.64. The maximum Gasteiger partial charge on any atom is 0.417 e. The predicted molar refractivity (Wildman–Crippen MR) is 72.1 cm³/mol. The van der Waals surface area contributed by atoms with Crippen molar-refractivity contribution in [2.45, 2.75) is 32.6 Å². The van der Waals surface area contributed by atoms with Crippen LogP contribution in [0.15, 0.2) is 35.9 Å². The summed E-state index contributed by atoms with van der Waals surface area (Å²) in [6, 6.07) is 3.40. The monoisotopic (exact) mass is 320 g/mol. The van der Waals surface area contributed by atoms with Gasteiger partial charge in [0.15, 0.2) is 0 Å². The third-order valence-corrected chi connectivity index (χ3v) is 3.64. The minimum atomic E-state index is -4.70. The van der Waals surface area contributed by atoms with Gasteiger partial charge in [0, 0.05) is 0 Å². The minimum absolute atomic E-state index is 0.319. The average molecular weight is 320 g/mol. The maximum atomic E-state index is 13.2. The quantitative estimate of drug-likeness (QED) is 0.563. The van der Waals surface area contributed by atoms with Crippen LogP contribution in [0.3, 0.4) is 0 Å². The molecule has 0 heterocycles. The smallest absolute Gasteiger partial charge is 0.170 e. The summed E-state index contributed by atoms with van der Waals surface area (Å²) in [6.45, 7) is 3.01. The van der Waals surface area contributed by atoms with E-state index in [-0.39, 0.29) is 12.0 Å². The van der Waals surface area contributed by atoms with Gasteiger partial charge in [0.2, 0.25) is 0 Å². The molecular formula is C16H14F6. The number of hydrogen-bond acceptors (Lipinski definition) is 0. The van der Waals surface area contributed by atoms with Crippen LogP contribution < -0.4 is 0 Å². The number of halogens is 6. The van der Waals surface area contributed by atoms with Crippen LogP contribution in [0.25, 0.3) is 5.57 Å². The van der Waals surface area contributed by atoms with Crippen molar-refractivity contribution in [3.63, 3.8) is 0 Å². The largest absolute Gasteiger partial charge is 0.417 e. The molecule has 0 amide bonds. The van der Waals surface area contributed by atoms with Gasteiger partial charge >= 0.3 is 12.4 Å². The summed E-state index contributed by atoms with van der Waals surface area (Å²) < 4.78 is 79.1. The fraction of sp³-hybridized carbons (Fsp3) is 0.375. The van der Waals surface area contributed by atoms with E-state index in [1.807, 2.05) is 0 Å². The molecule has 0 N–H and O–H groups in total. The Kier molecular flexibility index (Phi) is 4.15. The van der Waals surface area contributed by atoms with E-state index in [1.54, 1.807) is 0 Å². The van der Waals surface area contributed by atoms with E-state index in [0.717, 1.165) is 18.2 Å². The van der Waals surface area contributed by atoms with Crippen molar-refractivity contribution in [2.75, 3.05) is 0 Å². The number of aryl methyl sites for hydroxylation is 1. The summed E-state index contributed by atoms with van der Waals surface area (Å²) in [7, 11) is 0. The highest BCUT2D eigenvalue weighted by Gasteiger charge is 2.45. The van der Waals surface area contributed by atoms with Crippen molar-refractivity contribution in [3.05, 3.63) is 52.6 Å². The molecule has 0 fully saturated rings. The number of alkyl halides is 6. The highest BCUT2D eigenvalue weighted by molar-refractivity contribution is 5.74. The second-order valence-electron chi connectivity index (χ2n) is 5.48. The first-order chi connectivity index (χ1) is 10.00. The molecule has 0 saturated carbocycles. The van der Waals surface area contributed by atoms with Gasteiger partial charge in [0.05, 0.1) is 11.5 Å². The highest BCUT2D eigenvalue weighted by atomic mass is 19.4. The lowest BCUT2D eigenvalue weighted by Gasteiger charge is -2.28. The molecule has 0 spiro atoms. The molecule has 1 atom stereocenters. The molecule has 1 aliphatic carbocycles. The molecule has 0 nitrogen and oxygen atoms in total. The molecule has 0 radical (unpaired) electrons. The van der Waals surface area contributed by atoms with Crippen molar-refractivity contribution < 1.29 is 26.3 Å². The van der Waals surface area contributed by atoms with Gasteiger partial charge in [-0.05, 0) is 37.5 Å². The van der Waals surface area contributed by atoms with Gasteiger partial charge in [-0.3, -0.25) is 0 Å². The Morgan fingerprint density at radius 3 is 2.14 bits per heavy atom. The lowest BCUT2D eigenvalue weighted by molar-refractivity contribution is -0.158. The Labute approximate surface area is 124 Å². The van der Waals surface area contributed by atoms with E-state index in [4.69, 9.17) is 0 Å². The first kappa shape index (κ1) is 16.6. The average Bonchev–Trinajstić information content (AvgIpc) is 2.37. The minimum Gasteiger partial charge on any atom is -0.170 e. The molecule has 1 unspecified atom stereocenters. The van der Waals surface area contributed by atoms with Crippen LogP contribution in [0.4, 0.5) is 26.3 Å². The molecule has 0 bridgehead atoms. The summed E-state index contributed by atoms with van der Waals surface area (Å²) in [6.07, 6.45) is -7.02. The van der Waals surface area contributed by atoms with Crippen molar-refractivity contribution in [1.29, 1.82) is 0 Å².